The fourth-order valence-electron chi connectivity index (χ4n) is 1.11. The molecule has 1 aromatic rings. The third-order valence-electron chi connectivity index (χ3n) is 1.82. The molecule has 100 valence electrons. The highest BCUT2D eigenvalue weighted by atomic mass is 35.5. The molecule has 0 fully saturated rings. The summed E-state index contributed by atoms with van der Waals surface area (Å²) in [7, 11) is 0. The number of nitrogens with zero attached hydrogens (tertiary/aromatic N) is 1. The topological polar surface area (TPSA) is 51.2 Å². The van der Waals surface area contributed by atoms with E-state index in [1.807, 2.05) is 0 Å². The van der Waals surface area contributed by atoms with Crippen LogP contribution < -0.4 is 5.32 Å². The van der Waals surface area contributed by atoms with Crippen LogP contribution in [0.5, 0.6) is 0 Å². The van der Waals surface area contributed by atoms with E-state index >= 15 is 0 Å². The lowest BCUT2D eigenvalue weighted by molar-refractivity contribution is -0.174. The number of aryl methyl sites for hydroxylation is 1. The molecule has 0 radical (unpaired) electrons. The van der Waals surface area contributed by atoms with Crippen LogP contribution in [0.2, 0.25) is 5.15 Å². The van der Waals surface area contributed by atoms with Gasteiger partial charge < -0.3 is 10.1 Å². The Morgan fingerprint density at radius 2 is 2.17 bits per heavy atom. The summed E-state index contributed by atoms with van der Waals surface area (Å²) in [6.07, 6.45) is -4.45. The normalized spacial score (nSPS) is 11.4. The molecule has 0 aliphatic rings. The first-order chi connectivity index (χ1) is 8.28. The lowest BCUT2D eigenvalue weighted by Gasteiger charge is -2.09. The zero-order chi connectivity index (χ0) is 13.8. The SMILES string of the molecule is Cc1nc(Cl)ccc1NC(=O)COCC(F)(F)F. The Morgan fingerprint density at radius 1 is 1.50 bits per heavy atom. The van der Waals surface area contributed by atoms with Gasteiger partial charge in [0.15, 0.2) is 0 Å². The number of carbonyl (C=O) groups is 1. The first-order valence-electron chi connectivity index (χ1n) is 4.85. The van der Waals surface area contributed by atoms with Gasteiger partial charge >= 0.3 is 6.18 Å². The zero-order valence-corrected chi connectivity index (χ0v) is 10.1. The van der Waals surface area contributed by atoms with Gasteiger partial charge in [0.1, 0.15) is 18.4 Å². The molecule has 1 aromatic heterocycles. The van der Waals surface area contributed by atoms with Crippen molar-refractivity contribution >= 4 is 23.2 Å². The summed E-state index contributed by atoms with van der Waals surface area (Å²) in [6, 6.07) is 2.97. The van der Waals surface area contributed by atoms with Crippen molar-refractivity contribution in [2.24, 2.45) is 0 Å². The van der Waals surface area contributed by atoms with E-state index in [0.717, 1.165) is 0 Å². The summed E-state index contributed by atoms with van der Waals surface area (Å²) in [5.41, 5.74) is 0.840. The second-order valence-electron chi connectivity index (χ2n) is 3.42. The van der Waals surface area contributed by atoms with Crippen LogP contribution in [-0.4, -0.2) is 30.3 Å². The van der Waals surface area contributed by atoms with Crippen LogP contribution in [0, 0.1) is 6.92 Å². The highest BCUT2D eigenvalue weighted by Crippen LogP contribution is 2.16. The van der Waals surface area contributed by atoms with Crippen LogP contribution in [0.3, 0.4) is 0 Å². The summed E-state index contributed by atoms with van der Waals surface area (Å²) < 4.78 is 39.5. The molecule has 0 aliphatic heterocycles. The number of carbonyl (C=O) groups excluding carboxylic acids is 1. The fourth-order valence-corrected chi connectivity index (χ4v) is 1.30. The number of pyridine rings is 1. The van der Waals surface area contributed by atoms with Crippen molar-refractivity contribution in [1.82, 2.24) is 4.98 Å². The zero-order valence-electron chi connectivity index (χ0n) is 9.34. The van der Waals surface area contributed by atoms with Crippen molar-refractivity contribution in [2.45, 2.75) is 13.1 Å². The summed E-state index contributed by atoms with van der Waals surface area (Å²) in [5, 5.41) is 2.63. The average Bonchev–Trinajstić information content (AvgIpc) is 2.20. The minimum absolute atomic E-state index is 0.263. The lowest BCUT2D eigenvalue weighted by atomic mass is 10.3. The summed E-state index contributed by atoms with van der Waals surface area (Å²) in [5.74, 6) is -0.688. The van der Waals surface area contributed by atoms with Crippen LogP contribution in [0.1, 0.15) is 5.69 Å². The van der Waals surface area contributed by atoms with E-state index in [2.05, 4.69) is 15.0 Å². The fraction of sp³-hybridized carbons (Fsp3) is 0.400. The number of aromatic nitrogens is 1. The molecule has 0 bridgehead atoms. The average molecular weight is 283 g/mol. The number of amides is 1. The second-order valence-corrected chi connectivity index (χ2v) is 3.81. The molecule has 1 heterocycles. The molecular weight excluding hydrogens is 273 g/mol. The van der Waals surface area contributed by atoms with Gasteiger partial charge in [-0.15, -0.1) is 0 Å². The molecule has 0 unspecified atom stereocenters. The molecule has 0 saturated heterocycles. The Balaban J connectivity index is 2.45. The van der Waals surface area contributed by atoms with Gasteiger partial charge in [-0.05, 0) is 19.1 Å². The van der Waals surface area contributed by atoms with Crippen LogP contribution in [0.15, 0.2) is 12.1 Å². The van der Waals surface area contributed by atoms with Crippen molar-refractivity contribution < 1.29 is 22.7 Å². The van der Waals surface area contributed by atoms with E-state index in [-0.39, 0.29) is 5.15 Å². The van der Waals surface area contributed by atoms with E-state index in [9.17, 15) is 18.0 Å². The molecule has 0 aromatic carbocycles. The molecule has 0 saturated carbocycles. The number of rotatable bonds is 4. The third kappa shape index (κ3) is 5.33. The molecular formula is C10H10ClF3N2O2. The Morgan fingerprint density at radius 3 is 2.72 bits per heavy atom. The number of hydrogen-bond donors (Lipinski definition) is 1. The number of ether oxygens (including phenoxy) is 1. The van der Waals surface area contributed by atoms with Gasteiger partial charge in [-0.25, -0.2) is 4.98 Å². The number of alkyl halides is 3. The summed E-state index contributed by atoms with van der Waals surface area (Å²) in [6.45, 7) is -0.530. The van der Waals surface area contributed by atoms with Crippen LogP contribution in [-0.2, 0) is 9.53 Å². The van der Waals surface area contributed by atoms with Gasteiger partial charge in [-0.2, -0.15) is 13.2 Å². The third-order valence-corrected chi connectivity index (χ3v) is 2.04. The Bertz CT molecular complexity index is 438. The number of anilines is 1. The van der Waals surface area contributed by atoms with Gasteiger partial charge in [-0.1, -0.05) is 11.6 Å². The largest absolute Gasteiger partial charge is 0.411 e. The molecule has 4 nitrogen and oxygen atoms in total. The summed E-state index contributed by atoms with van der Waals surface area (Å²) >= 11 is 5.61. The van der Waals surface area contributed by atoms with Crippen LogP contribution in [0.25, 0.3) is 0 Å². The monoisotopic (exact) mass is 282 g/mol. The van der Waals surface area contributed by atoms with E-state index in [1.165, 1.54) is 12.1 Å². The predicted octanol–water partition coefficient (Wildman–Crippen LogP) is 2.56. The number of hydrogen-bond acceptors (Lipinski definition) is 3. The van der Waals surface area contributed by atoms with Crippen molar-refractivity contribution in [1.29, 1.82) is 0 Å². The first-order valence-corrected chi connectivity index (χ1v) is 5.23. The van der Waals surface area contributed by atoms with Gasteiger partial charge in [0, 0.05) is 0 Å². The van der Waals surface area contributed by atoms with E-state index in [0.29, 0.717) is 11.4 Å². The summed E-state index contributed by atoms with van der Waals surface area (Å²) in [4.78, 5) is 15.1. The highest BCUT2D eigenvalue weighted by molar-refractivity contribution is 6.29. The second kappa shape index (κ2) is 6.01. The first kappa shape index (κ1) is 14.7. The van der Waals surface area contributed by atoms with Gasteiger partial charge in [-0.3, -0.25) is 4.79 Å². The highest BCUT2D eigenvalue weighted by Gasteiger charge is 2.27. The molecule has 1 rings (SSSR count). The Hall–Kier alpha value is -1.34. The van der Waals surface area contributed by atoms with Crippen LogP contribution >= 0.6 is 11.6 Å². The maximum atomic E-state index is 11.8. The predicted molar refractivity (Wildman–Crippen MR) is 59.5 cm³/mol. The van der Waals surface area contributed by atoms with E-state index < -0.39 is 25.3 Å². The molecule has 0 atom stereocenters. The quantitative estimate of drug-likeness (QED) is 0.864. The lowest BCUT2D eigenvalue weighted by Crippen LogP contribution is -2.24. The molecule has 1 N–H and O–H groups in total. The molecule has 0 spiro atoms. The maximum Gasteiger partial charge on any atom is 0.411 e. The minimum atomic E-state index is -4.45. The molecule has 8 heteroatoms. The Kier molecular flexibility index (Phi) is 4.92. The van der Waals surface area contributed by atoms with Crippen molar-refractivity contribution in [3.05, 3.63) is 23.0 Å². The van der Waals surface area contributed by atoms with E-state index in [4.69, 9.17) is 11.6 Å². The number of halogens is 4. The standard InChI is InChI=1S/C10H10ClF3N2O2/c1-6-7(2-3-8(11)15-6)16-9(17)4-18-5-10(12,13)14/h2-3H,4-5H2,1H3,(H,16,17). The molecule has 0 aliphatic carbocycles. The van der Waals surface area contributed by atoms with E-state index in [1.54, 1.807) is 6.92 Å². The maximum absolute atomic E-state index is 11.8. The Labute approximate surface area is 106 Å². The molecule has 18 heavy (non-hydrogen) atoms. The molecule has 1 amide bonds. The smallest absolute Gasteiger partial charge is 0.362 e. The van der Waals surface area contributed by atoms with Crippen molar-refractivity contribution in [2.75, 3.05) is 18.5 Å². The minimum Gasteiger partial charge on any atom is -0.362 e. The van der Waals surface area contributed by atoms with Crippen molar-refractivity contribution in [3.63, 3.8) is 0 Å². The van der Waals surface area contributed by atoms with Gasteiger partial charge in [0.25, 0.3) is 0 Å². The van der Waals surface area contributed by atoms with Gasteiger partial charge in [0.2, 0.25) is 5.91 Å². The van der Waals surface area contributed by atoms with Crippen molar-refractivity contribution in [3.8, 4) is 0 Å². The number of nitrogens with one attached hydrogen (secondary N) is 1. The van der Waals surface area contributed by atoms with Gasteiger partial charge in [0.05, 0.1) is 11.4 Å². The van der Waals surface area contributed by atoms with Crippen LogP contribution in [0.4, 0.5) is 18.9 Å².